The summed E-state index contributed by atoms with van der Waals surface area (Å²) in [5.41, 5.74) is 3.59. The molecule has 0 aliphatic rings. The first-order chi connectivity index (χ1) is 10.1. The summed E-state index contributed by atoms with van der Waals surface area (Å²) < 4.78 is 0. The predicted molar refractivity (Wildman–Crippen MR) is 81.3 cm³/mol. The first-order valence-electron chi connectivity index (χ1n) is 6.54. The van der Waals surface area contributed by atoms with E-state index in [1.807, 2.05) is 24.3 Å². The SMILES string of the molecule is Cc1ccc(CNc2ccc3cn[nH]c3c2)cc1[N+](=O)[O-]. The van der Waals surface area contributed by atoms with Crippen molar-refractivity contribution in [1.82, 2.24) is 10.2 Å². The number of H-pyrrole nitrogens is 1. The van der Waals surface area contributed by atoms with Crippen molar-refractivity contribution in [2.24, 2.45) is 0 Å². The average molecular weight is 282 g/mol. The van der Waals surface area contributed by atoms with Gasteiger partial charge in [0.25, 0.3) is 5.69 Å². The van der Waals surface area contributed by atoms with Crippen molar-refractivity contribution in [3.63, 3.8) is 0 Å². The molecule has 1 heterocycles. The van der Waals surface area contributed by atoms with Gasteiger partial charge < -0.3 is 5.32 Å². The van der Waals surface area contributed by atoms with Gasteiger partial charge in [-0.25, -0.2) is 0 Å². The molecule has 3 rings (SSSR count). The van der Waals surface area contributed by atoms with E-state index in [-0.39, 0.29) is 10.6 Å². The molecular formula is C15H14N4O2. The summed E-state index contributed by atoms with van der Waals surface area (Å²) in [6.45, 7) is 2.27. The highest BCUT2D eigenvalue weighted by molar-refractivity contribution is 5.81. The number of hydrogen-bond donors (Lipinski definition) is 2. The highest BCUT2D eigenvalue weighted by Crippen LogP contribution is 2.21. The minimum atomic E-state index is -0.352. The van der Waals surface area contributed by atoms with Crippen LogP contribution in [0.2, 0.25) is 0 Å². The van der Waals surface area contributed by atoms with E-state index < -0.39 is 0 Å². The minimum Gasteiger partial charge on any atom is -0.381 e. The Morgan fingerprint density at radius 3 is 2.95 bits per heavy atom. The van der Waals surface area contributed by atoms with Gasteiger partial charge in [0.05, 0.1) is 16.6 Å². The number of aromatic nitrogens is 2. The number of fused-ring (bicyclic) bond motifs is 1. The number of aromatic amines is 1. The second-order valence-electron chi connectivity index (χ2n) is 4.90. The van der Waals surface area contributed by atoms with Crippen LogP contribution >= 0.6 is 0 Å². The van der Waals surface area contributed by atoms with E-state index in [2.05, 4.69) is 15.5 Å². The van der Waals surface area contributed by atoms with E-state index >= 15 is 0 Å². The summed E-state index contributed by atoms with van der Waals surface area (Å²) in [6.07, 6.45) is 1.77. The van der Waals surface area contributed by atoms with Crippen LogP contribution in [-0.2, 0) is 6.54 Å². The van der Waals surface area contributed by atoms with Crippen LogP contribution in [0.3, 0.4) is 0 Å². The van der Waals surface area contributed by atoms with Gasteiger partial charge in [0.15, 0.2) is 0 Å². The number of aryl methyl sites for hydroxylation is 1. The van der Waals surface area contributed by atoms with E-state index in [4.69, 9.17) is 0 Å². The highest BCUT2D eigenvalue weighted by atomic mass is 16.6. The maximum absolute atomic E-state index is 10.9. The second kappa shape index (κ2) is 5.24. The summed E-state index contributed by atoms with van der Waals surface area (Å²) in [5, 5.41) is 22.1. The third-order valence-electron chi connectivity index (χ3n) is 3.41. The number of nitro groups is 1. The number of hydrogen-bond acceptors (Lipinski definition) is 4. The van der Waals surface area contributed by atoms with Crippen molar-refractivity contribution in [1.29, 1.82) is 0 Å². The highest BCUT2D eigenvalue weighted by Gasteiger charge is 2.10. The van der Waals surface area contributed by atoms with Gasteiger partial charge in [0.2, 0.25) is 0 Å². The van der Waals surface area contributed by atoms with Crippen LogP contribution in [0, 0.1) is 17.0 Å². The molecule has 0 atom stereocenters. The first-order valence-corrected chi connectivity index (χ1v) is 6.54. The van der Waals surface area contributed by atoms with Crippen molar-refractivity contribution >= 4 is 22.3 Å². The number of nitrogens with zero attached hydrogens (tertiary/aromatic N) is 2. The van der Waals surface area contributed by atoms with Crippen LogP contribution in [0.1, 0.15) is 11.1 Å². The summed E-state index contributed by atoms with van der Waals surface area (Å²) in [4.78, 5) is 10.6. The zero-order valence-corrected chi connectivity index (χ0v) is 11.5. The Kier molecular flexibility index (Phi) is 3.27. The maximum atomic E-state index is 10.9. The van der Waals surface area contributed by atoms with E-state index in [0.717, 1.165) is 22.2 Å². The molecule has 2 aromatic carbocycles. The fourth-order valence-corrected chi connectivity index (χ4v) is 2.21. The van der Waals surface area contributed by atoms with Crippen LogP contribution < -0.4 is 5.32 Å². The first kappa shape index (κ1) is 13.1. The van der Waals surface area contributed by atoms with Gasteiger partial charge in [-0.2, -0.15) is 5.10 Å². The van der Waals surface area contributed by atoms with Gasteiger partial charge in [-0.05, 0) is 30.7 Å². The molecular weight excluding hydrogens is 268 g/mol. The lowest BCUT2D eigenvalue weighted by Crippen LogP contribution is -2.01. The number of benzene rings is 2. The topological polar surface area (TPSA) is 83.8 Å². The molecule has 21 heavy (non-hydrogen) atoms. The zero-order chi connectivity index (χ0) is 14.8. The predicted octanol–water partition coefficient (Wildman–Crippen LogP) is 3.39. The number of rotatable bonds is 4. The largest absolute Gasteiger partial charge is 0.381 e. The fourth-order valence-electron chi connectivity index (χ4n) is 2.21. The molecule has 106 valence electrons. The minimum absolute atomic E-state index is 0.151. The van der Waals surface area contributed by atoms with Gasteiger partial charge in [0.1, 0.15) is 0 Å². The lowest BCUT2D eigenvalue weighted by atomic mass is 10.1. The Bertz CT molecular complexity index is 810. The van der Waals surface area contributed by atoms with Gasteiger partial charge >= 0.3 is 0 Å². The molecule has 2 N–H and O–H groups in total. The van der Waals surface area contributed by atoms with E-state index in [1.165, 1.54) is 0 Å². The van der Waals surface area contributed by atoms with Crippen LogP contribution in [0.5, 0.6) is 0 Å². The molecule has 0 unspecified atom stereocenters. The van der Waals surface area contributed by atoms with E-state index in [1.54, 1.807) is 25.3 Å². The van der Waals surface area contributed by atoms with Crippen molar-refractivity contribution in [3.05, 3.63) is 63.8 Å². The van der Waals surface area contributed by atoms with E-state index in [9.17, 15) is 10.1 Å². The molecule has 6 heteroatoms. The number of nitrogens with one attached hydrogen (secondary N) is 2. The molecule has 0 saturated heterocycles. The van der Waals surface area contributed by atoms with Gasteiger partial charge in [0, 0.05) is 29.2 Å². The second-order valence-corrected chi connectivity index (χ2v) is 4.90. The normalized spacial score (nSPS) is 10.7. The molecule has 0 aliphatic heterocycles. The van der Waals surface area contributed by atoms with Gasteiger partial charge in [-0.3, -0.25) is 15.2 Å². The Balaban J connectivity index is 1.77. The molecule has 0 bridgehead atoms. The Hall–Kier alpha value is -2.89. The van der Waals surface area contributed by atoms with Crippen molar-refractivity contribution in [3.8, 4) is 0 Å². The van der Waals surface area contributed by atoms with E-state index in [0.29, 0.717) is 12.1 Å². The van der Waals surface area contributed by atoms with Crippen LogP contribution in [0.25, 0.3) is 10.9 Å². The zero-order valence-electron chi connectivity index (χ0n) is 11.5. The summed E-state index contributed by atoms with van der Waals surface area (Å²) in [7, 11) is 0. The fraction of sp³-hybridized carbons (Fsp3) is 0.133. The molecule has 0 fully saturated rings. The summed E-state index contributed by atoms with van der Waals surface area (Å²) in [5.74, 6) is 0. The molecule has 0 aliphatic carbocycles. The molecule has 1 aromatic heterocycles. The Morgan fingerprint density at radius 1 is 1.29 bits per heavy atom. The monoisotopic (exact) mass is 282 g/mol. The lowest BCUT2D eigenvalue weighted by molar-refractivity contribution is -0.385. The molecule has 6 nitrogen and oxygen atoms in total. The molecule has 0 spiro atoms. The molecule has 3 aromatic rings. The summed E-state index contributed by atoms with van der Waals surface area (Å²) >= 11 is 0. The van der Waals surface area contributed by atoms with Crippen molar-refractivity contribution < 1.29 is 4.92 Å². The number of nitro benzene ring substituents is 1. The Labute approximate surface area is 121 Å². The van der Waals surface area contributed by atoms with Gasteiger partial charge in [-0.15, -0.1) is 0 Å². The molecule has 0 amide bonds. The van der Waals surface area contributed by atoms with Crippen LogP contribution in [-0.4, -0.2) is 15.1 Å². The van der Waals surface area contributed by atoms with Crippen LogP contribution in [0.15, 0.2) is 42.6 Å². The van der Waals surface area contributed by atoms with Crippen LogP contribution in [0.4, 0.5) is 11.4 Å². The standard InChI is InChI=1S/C15H14N4O2/c1-10-2-3-11(6-15(10)19(20)21)8-16-13-5-4-12-9-17-18-14(12)7-13/h2-7,9,16H,8H2,1H3,(H,17,18). The lowest BCUT2D eigenvalue weighted by Gasteiger charge is -2.07. The smallest absolute Gasteiger partial charge is 0.272 e. The summed E-state index contributed by atoms with van der Waals surface area (Å²) in [6, 6.07) is 11.2. The number of anilines is 1. The third kappa shape index (κ3) is 2.69. The quantitative estimate of drug-likeness (QED) is 0.567. The van der Waals surface area contributed by atoms with Crippen molar-refractivity contribution in [2.75, 3.05) is 5.32 Å². The average Bonchev–Trinajstić information content (AvgIpc) is 2.93. The Morgan fingerprint density at radius 2 is 2.14 bits per heavy atom. The van der Waals surface area contributed by atoms with Crippen molar-refractivity contribution in [2.45, 2.75) is 13.5 Å². The maximum Gasteiger partial charge on any atom is 0.272 e. The van der Waals surface area contributed by atoms with Gasteiger partial charge in [-0.1, -0.05) is 12.1 Å². The third-order valence-corrected chi connectivity index (χ3v) is 3.41. The molecule has 0 radical (unpaired) electrons. The molecule has 0 saturated carbocycles.